The smallest absolute Gasteiger partial charge is 0.146 e. The molecule has 2 nitrogen and oxygen atoms in total. The molecular formula is C17H19BrClNO. The minimum atomic E-state index is 0.420. The Morgan fingerprint density at radius 2 is 1.90 bits per heavy atom. The van der Waals surface area contributed by atoms with Crippen LogP contribution in [-0.2, 0) is 6.54 Å². The Morgan fingerprint density at radius 1 is 1.14 bits per heavy atom. The van der Waals surface area contributed by atoms with Crippen LogP contribution in [0.25, 0.3) is 0 Å². The van der Waals surface area contributed by atoms with Crippen LogP contribution in [-0.4, -0.2) is 6.04 Å². The van der Waals surface area contributed by atoms with Gasteiger partial charge in [-0.3, -0.25) is 0 Å². The molecule has 0 radical (unpaired) electrons. The highest BCUT2D eigenvalue weighted by atomic mass is 79.9. The Kier molecular flexibility index (Phi) is 5.68. The van der Waals surface area contributed by atoms with Gasteiger partial charge in [0.25, 0.3) is 0 Å². The number of hydrogen-bond acceptors (Lipinski definition) is 2. The van der Waals surface area contributed by atoms with Crippen molar-refractivity contribution in [3.05, 3.63) is 57.0 Å². The van der Waals surface area contributed by atoms with E-state index in [1.165, 1.54) is 0 Å². The van der Waals surface area contributed by atoms with Crippen molar-refractivity contribution in [3.8, 4) is 11.5 Å². The zero-order chi connectivity index (χ0) is 15.4. The molecule has 112 valence electrons. The van der Waals surface area contributed by atoms with E-state index in [2.05, 4.69) is 41.2 Å². The van der Waals surface area contributed by atoms with Gasteiger partial charge in [-0.1, -0.05) is 53.5 Å². The van der Waals surface area contributed by atoms with Crippen LogP contribution in [0, 0.1) is 6.92 Å². The van der Waals surface area contributed by atoms with Crippen molar-refractivity contribution in [2.45, 2.75) is 33.4 Å². The summed E-state index contributed by atoms with van der Waals surface area (Å²) in [5.41, 5.74) is 2.22. The third kappa shape index (κ3) is 4.73. The monoisotopic (exact) mass is 367 g/mol. The Balaban J connectivity index is 2.29. The van der Waals surface area contributed by atoms with E-state index in [9.17, 15) is 0 Å². The second-order valence-corrected chi connectivity index (χ2v) is 6.65. The van der Waals surface area contributed by atoms with E-state index < -0.39 is 0 Å². The normalized spacial score (nSPS) is 11.0. The fourth-order valence-corrected chi connectivity index (χ4v) is 2.39. The minimum Gasteiger partial charge on any atom is -0.455 e. The van der Waals surface area contributed by atoms with Crippen LogP contribution in [0.2, 0.25) is 5.02 Å². The van der Waals surface area contributed by atoms with Gasteiger partial charge in [0.2, 0.25) is 0 Å². The van der Waals surface area contributed by atoms with Gasteiger partial charge in [-0.15, -0.1) is 0 Å². The molecule has 0 saturated heterocycles. The third-order valence-corrected chi connectivity index (χ3v) is 3.84. The summed E-state index contributed by atoms with van der Waals surface area (Å²) in [7, 11) is 0. The highest BCUT2D eigenvalue weighted by molar-refractivity contribution is 9.10. The molecule has 0 amide bonds. The lowest BCUT2D eigenvalue weighted by atomic mass is 10.2. The summed E-state index contributed by atoms with van der Waals surface area (Å²) in [5, 5.41) is 4.02. The molecule has 0 fully saturated rings. The first-order chi connectivity index (χ1) is 9.95. The molecule has 2 aromatic rings. The van der Waals surface area contributed by atoms with Crippen LogP contribution in [0.3, 0.4) is 0 Å². The molecule has 21 heavy (non-hydrogen) atoms. The van der Waals surface area contributed by atoms with Gasteiger partial charge in [0.1, 0.15) is 11.5 Å². The number of rotatable bonds is 5. The average molecular weight is 369 g/mol. The van der Waals surface area contributed by atoms with E-state index in [0.717, 1.165) is 27.9 Å². The molecular weight excluding hydrogens is 350 g/mol. The molecule has 0 spiro atoms. The molecule has 2 aromatic carbocycles. The molecule has 0 saturated carbocycles. The second kappa shape index (κ2) is 7.30. The summed E-state index contributed by atoms with van der Waals surface area (Å²) in [5.74, 6) is 1.49. The van der Waals surface area contributed by atoms with Crippen LogP contribution >= 0.6 is 27.5 Å². The number of ether oxygens (including phenoxy) is 1. The van der Waals surface area contributed by atoms with Gasteiger partial charge >= 0.3 is 0 Å². The van der Waals surface area contributed by atoms with Crippen LogP contribution in [0.5, 0.6) is 11.5 Å². The number of hydrogen-bond donors (Lipinski definition) is 1. The molecule has 0 unspecified atom stereocenters. The summed E-state index contributed by atoms with van der Waals surface area (Å²) in [6, 6.07) is 12.2. The maximum absolute atomic E-state index is 6.21. The van der Waals surface area contributed by atoms with Crippen LogP contribution in [0.1, 0.15) is 25.0 Å². The maximum atomic E-state index is 6.21. The zero-order valence-corrected chi connectivity index (χ0v) is 14.8. The van der Waals surface area contributed by atoms with Crippen molar-refractivity contribution < 1.29 is 4.74 Å². The summed E-state index contributed by atoms with van der Waals surface area (Å²) >= 11 is 9.70. The van der Waals surface area contributed by atoms with E-state index in [-0.39, 0.29) is 0 Å². The predicted molar refractivity (Wildman–Crippen MR) is 92.4 cm³/mol. The lowest BCUT2D eigenvalue weighted by Crippen LogP contribution is -2.22. The second-order valence-electron chi connectivity index (χ2n) is 5.32. The molecule has 2 rings (SSSR count). The van der Waals surface area contributed by atoms with Gasteiger partial charge < -0.3 is 10.1 Å². The topological polar surface area (TPSA) is 21.3 Å². The number of halogens is 2. The minimum absolute atomic E-state index is 0.420. The Labute approximate surface area is 139 Å². The molecule has 0 aliphatic carbocycles. The third-order valence-electron chi connectivity index (χ3n) is 3.04. The largest absolute Gasteiger partial charge is 0.455 e. The van der Waals surface area contributed by atoms with Gasteiger partial charge in [0.05, 0.1) is 5.02 Å². The van der Waals surface area contributed by atoms with Gasteiger partial charge in [-0.25, -0.2) is 0 Å². The summed E-state index contributed by atoms with van der Waals surface area (Å²) < 4.78 is 7.01. The van der Waals surface area contributed by atoms with Crippen molar-refractivity contribution in [2.24, 2.45) is 0 Å². The van der Waals surface area contributed by atoms with Crippen molar-refractivity contribution in [1.82, 2.24) is 5.32 Å². The van der Waals surface area contributed by atoms with Crippen molar-refractivity contribution in [1.29, 1.82) is 0 Å². The highest BCUT2D eigenvalue weighted by Gasteiger charge is 2.09. The SMILES string of the molecule is Cc1ccc(Cl)c(Oc2cc(Br)ccc2CNC(C)C)c1. The quantitative estimate of drug-likeness (QED) is 0.730. The first-order valence-corrected chi connectivity index (χ1v) is 8.08. The van der Waals surface area contributed by atoms with Gasteiger partial charge in [0, 0.05) is 22.6 Å². The summed E-state index contributed by atoms with van der Waals surface area (Å²) in [6.07, 6.45) is 0. The van der Waals surface area contributed by atoms with E-state index in [1.54, 1.807) is 0 Å². The van der Waals surface area contributed by atoms with Crippen molar-refractivity contribution in [2.75, 3.05) is 0 Å². The van der Waals surface area contributed by atoms with Gasteiger partial charge in [-0.05, 0) is 36.8 Å². The molecule has 0 bridgehead atoms. The van der Waals surface area contributed by atoms with E-state index in [0.29, 0.717) is 16.8 Å². The summed E-state index contributed by atoms with van der Waals surface area (Å²) in [6.45, 7) is 7.02. The van der Waals surface area contributed by atoms with E-state index in [1.807, 2.05) is 37.3 Å². The lowest BCUT2D eigenvalue weighted by molar-refractivity contribution is 0.469. The maximum Gasteiger partial charge on any atom is 0.146 e. The fraction of sp³-hybridized carbons (Fsp3) is 0.294. The average Bonchev–Trinajstić information content (AvgIpc) is 2.42. The molecule has 4 heteroatoms. The van der Waals surface area contributed by atoms with Crippen LogP contribution < -0.4 is 10.1 Å². The molecule has 0 aliphatic heterocycles. The molecule has 0 heterocycles. The number of nitrogens with one attached hydrogen (secondary N) is 1. The Morgan fingerprint density at radius 3 is 2.62 bits per heavy atom. The fourth-order valence-electron chi connectivity index (χ4n) is 1.89. The van der Waals surface area contributed by atoms with Gasteiger partial charge in [0.15, 0.2) is 0 Å². The Hall–Kier alpha value is -1.03. The summed E-state index contributed by atoms with van der Waals surface area (Å²) in [4.78, 5) is 0. The number of benzene rings is 2. The van der Waals surface area contributed by atoms with Gasteiger partial charge in [-0.2, -0.15) is 0 Å². The van der Waals surface area contributed by atoms with Crippen molar-refractivity contribution in [3.63, 3.8) is 0 Å². The van der Waals surface area contributed by atoms with Crippen LogP contribution in [0.15, 0.2) is 40.9 Å². The highest BCUT2D eigenvalue weighted by Crippen LogP contribution is 2.33. The molecule has 1 N–H and O–H groups in total. The standard InChI is InChI=1S/C17H19BrClNO/c1-11(2)20-10-13-5-6-14(18)9-16(13)21-17-8-12(3)4-7-15(17)19/h4-9,11,20H,10H2,1-3H3. The first-order valence-electron chi connectivity index (χ1n) is 6.91. The molecule has 0 aromatic heterocycles. The van der Waals surface area contributed by atoms with Crippen molar-refractivity contribution >= 4 is 27.5 Å². The van der Waals surface area contributed by atoms with E-state index >= 15 is 0 Å². The zero-order valence-electron chi connectivity index (χ0n) is 12.4. The first kappa shape index (κ1) is 16.3. The molecule has 0 aliphatic rings. The van der Waals surface area contributed by atoms with E-state index in [4.69, 9.17) is 16.3 Å². The number of aryl methyl sites for hydroxylation is 1. The lowest BCUT2D eigenvalue weighted by Gasteiger charge is -2.15. The molecule has 0 atom stereocenters. The van der Waals surface area contributed by atoms with Crippen LogP contribution in [0.4, 0.5) is 0 Å². The predicted octanol–water partition coefficient (Wildman–Crippen LogP) is 5.70. The Bertz CT molecular complexity index is 628.